The lowest BCUT2D eigenvalue weighted by atomic mass is 9.92. The molecule has 4 N–H and O–H groups in total. The van der Waals surface area contributed by atoms with E-state index in [0.717, 1.165) is 29.0 Å². The van der Waals surface area contributed by atoms with E-state index in [1.54, 1.807) is 22.2 Å². The molecule has 3 fully saturated rings. The Labute approximate surface area is 249 Å². The fourth-order valence-electron chi connectivity index (χ4n) is 6.05. The van der Waals surface area contributed by atoms with Crippen molar-refractivity contribution >= 4 is 46.7 Å². The Morgan fingerprint density at radius 3 is 2.65 bits per heavy atom. The van der Waals surface area contributed by atoms with Gasteiger partial charge in [0.25, 0.3) is 5.91 Å². The van der Waals surface area contributed by atoms with E-state index in [2.05, 4.69) is 15.6 Å². The third-order valence-electron chi connectivity index (χ3n) is 8.44. The number of aromatic nitrogens is 1. The summed E-state index contributed by atoms with van der Waals surface area (Å²) in [6, 6.07) is 6.64. The fraction of sp³-hybridized carbons (Fsp3) is 0.429. The van der Waals surface area contributed by atoms with E-state index < -0.39 is 36.8 Å². The molecule has 3 aliphatic heterocycles. The van der Waals surface area contributed by atoms with Gasteiger partial charge in [0.05, 0.1) is 4.88 Å². The lowest BCUT2D eigenvalue weighted by molar-refractivity contribution is -0.149. The van der Waals surface area contributed by atoms with Crippen LogP contribution in [0.3, 0.4) is 0 Å². The number of fused-ring (bicyclic) bond motifs is 2. The summed E-state index contributed by atoms with van der Waals surface area (Å²) in [4.78, 5) is 66.5. The average Bonchev–Trinajstić information content (AvgIpc) is 3.56. The molecule has 0 spiro atoms. The molecule has 3 amide bonds. The second-order valence-electron chi connectivity index (χ2n) is 11.2. The summed E-state index contributed by atoms with van der Waals surface area (Å²) < 4.78 is 40.2. The van der Waals surface area contributed by atoms with Crippen LogP contribution >= 0.6 is 18.9 Å². The Morgan fingerprint density at radius 1 is 1.14 bits per heavy atom. The smallest absolute Gasteiger partial charge is 0.340 e. The number of alkyl halides is 2. The van der Waals surface area contributed by atoms with Crippen LogP contribution in [0, 0.1) is 0 Å². The van der Waals surface area contributed by atoms with Gasteiger partial charge in [0.1, 0.15) is 12.1 Å². The van der Waals surface area contributed by atoms with E-state index in [0.29, 0.717) is 50.1 Å². The second-order valence-corrected chi connectivity index (χ2v) is 13.9. The predicted molar refractivity (Wildman–Crippen MR) is 154 cm³/mol. The second kappa shape index (κ2) is 11.3. The third-order valence-corrected chi connectivity index (χ3v) is 10.5. The molecule has 228 valence electrons. The van der Waals surface area contributed by atoms with E-state index in [1.807, 2.05) is 12.1 Å². The quantitative estimate of drug-likeness (QED) is 0.303. The number of hydrogen-bond donors (Lipinski definition) is 4. The number of amides is 3. The number of pyridine rings is 1. The highest BCUT2D eigenvalue weighted by atomic mass is 32.1. The van der Waals surface area contributed by atoms with Crippen LogP contribution in [-0.4, -0.2) is 86.6 Å². The molecule has 0 unspecified atom stereocenters. The topological polar surface area (TPSA) is 152 Å². The first-order valence-electron chi connectivity index (χ1n) is 13.9. The number of benzene rings is 1. The van der Waals surface area contributed by atoms with Crippen LogP contribution in [0.25, 0.3) is 10.1 Å². The molecular weight excluding hydrogens is 603 g/mol. The summed E-state index contributed by atoms with van der Waals surface area (Å²) in [6.45, 7) is 2.14. The van der Waals surface area contributed by atoms with Crippen LogP contribution in [0.4, 0.5) is 8.78 Å². The molecule has 11 nitrogen and oxygen atoms in total. The maximum Gasteiger partial charge on any atom is 0.399 e. The van der Waals surface area contributed by atoms with E-state index in [4.69, 9.17) is 9.79 Å². The molecule has 1 aromatic carbocycles. The average molecular weight is 634 g/mol. The number of rotatable bonds is 6. The lowest BCUT2D eigenvalue weighted by Gasteiger charge is -2.43. The molecule has 0 radical (unpaired) electrons. The van der Waals surface area contributed by atoms with Crippen LogP contribution in [0.5, 0.6) is 0 Å². The fourth-order valence-corrected chi connectivity index (χ4v) is 7.47. The predicted octanol–water partition coefficient (Wildman–Crippen LogP) is 2.60. The van der Waals surface area contributed by atoms with Gasteiger partial charge in [0, 0.05) is 54.3 Å². The summed E-state index contributed by atoms with van der Waals surface area (Å²) in [7, 11) is -5.75. The molecule has 2 aromatic heterocycles. The molecule has 43 heavy (non-hydrogen) atoms. The number of hydrogen-bond acceptors (Lipinski definition) is 7. The first kappa shape index (κ1) is 29.8. The van der Waals surface area contributed by atoms with Crippen LogP contribution in [0.1, 0.15) is 46.0 Å². The van der Waals surface area contributed by atoms with Crippen LogP contribution < -0.4 is 10.6 Å². The van der Waals surface area contributed by atoms with Crippen molar-refractivity contribution < 1.29 is 37.5 Å². The molecule has 5 heterocycles. The molecule has 3 aromatic rings. The zero-order chi connectivity index (χ0) is 30.5. The van der Waals surface area contributed by atoms with Gasteiger partial charge in [-0.25, -0.2) is 0 Å². The van der Waals surface area contributed by atoms with Gasteiger partial charge in [0.15, 0.2) is 0 Å². The van der Waals surface area contributed by atoms with Gasteiger partial charge in [-0.05, 0) is 61.0 Å². The van der Waals surface area contributed by atoms with E-state index in [-0.39, 0.29) is 34.0 Å². The van der Waals surface area contributed by atoms with Gasteiger partial charge in [-0.15, -0.1) is 11.3 Å². The Hall–Kier alpha value is -3.29. The molecule has 15 heteroatoms. The summed E-state index contributed by atoms with van der Waals surface area (Å²) >= 11 is 1.01. The van der Waals surface area contributed by atoms with E-state index in [9.17, 15) is 27.7 Å². The Kier molecular flexibility index (Phi) is 7.84. The largest absolute Gasteiger partial charge is 0.399 e. The van der Waals surface area contributed by atoms with Gasteiger partial charge >= 0.3 is 13.3 Å². The SMILES string of the molecule is O=C(N[C@H]1CCNC[C@H]2CC[C@@H](C(=O)N3CC(c4cccnc4)C3)N2C1=O)c1cc2cc(C(F)(F)P(=O)(O)O)ccc2s1. The Morgan fingerprint density at radius 2 is 1.93 bits per heavy atom. The number of nitrogens with zero attached hydrogens (tertiary/aromatic N) is 3. The molecule has 3 aliphatic rings. The highest BCUT2D eigenvalue weighted by molar-refractivity contribution is 7.52. The first-order valence-corrected chi connectivity index (χ1v) is 16.4. The van der Waals surface area contributed by atoms with E-state index in [1.165, 1.54) is 12.1 Å². The zero-order valence-electron chi connectivity index (χ0n) is 22.9. The van der Waals surface area contributed by atoms with Crippen LogP contribution in [0.15, 0.2) is 48.8 Å². The minimum atomic E-state index is -5.75. The van der Waals surface area contributed by atoms with Crippen molar-refractivity contribution in [1.29, 1.82) is 0 Å². The molecule has 0 bridgehead atoms. The normalized spacial score (nSPS) is 23.4. The molecule has 0 aliphatic carbocycles. The monoisotopic (exact) mass is 633 g/mol. The number of likely N-dealkylation sites (tertiary alicyclic amines) is 1. The number of halogens is 2. The minimum absolute atomic E-state index is 0.103. The first-order chi connectivity index (χ1) is 20.4. The minimum Gasteiger partial charge on any atom is -0.340 e. The third kappa shape index (κ3) is 5.58. The van der Waals surface area contributed by atoms with Gasteiger partial charge < -0.3 is 30.2 Å². The van der Waals surface area contributed by atoms with Crippen LogP contribution in [0.2, 0.25) is 0 Å². The molecule has 6 rings (SSSR count). The number of thiophene rings is 1. The van der Waals surface area contributed by atoms with Crippen LogP contribution in [-0.2, 0) is 19.8 Å². The highest BCUT2D eigenvalue weighted by Gasteiger charge is 2.50. The van der Waals surface area contributed by atoms with Crippen molar-refractivity contribution in [3.05, 3.63) is 64.8 Å². The summed E-state index contributed by atoms with van der Waals surface area (Å²) in [6.07, 6.45) is 4.99. The summed E-state index contributed by atoms with van der Waals surface area (Å²) in [5.74, 6) is -0.810. The molecule has 3 atom stereocenters. The van der Waals surface area contributed by atoms with Crippen molar-refractivity contribution in [2.24, 2.45) is 0 Å². The van der Waals surface area contributed by atoms with Gasteiger partial charge in [0.2, 0.25) is 11.8 Å². The highest BCUT2D eigenvalue weighted by Crippen LogP contribution is 2.59. The van der Waals surface area contributed by atoms with Crippen molar-refractivity contribution in [3.63, 3.8) is 0 Å². The lowest BCUT2D eigenvalue weighted by Crippen LogP contribution is -2.61. The maximum atomic E-state index is 14.2. The van der Waals surface area contributed by atoms with Gasteiger partial charge in [-0.1, -0.05) is 12.1 Å². The molecule has 0 saturated carbocycles. The number of nitrogens with one attached hydrogen (secondary N) is 2. The molecular formula is C28H30F2N5O6PS. The summed E-state index contributed by atoms with van der Waals surface area (Å²) in [5.41, 5.74) is -4.16. The zero-order valence-corrected chi connectivity index (χ0v) is 24.6. The van der Waals surface area contributed by atoms with Crippen molar-refractivity contribution in [2.75, 3.05) is 26.2 Å². The summed E-state index contributed by atoms with van der Waals surface area (Å²) in [5, 5.41) is 6.31. The number of carbonyl (C=O) groups excluding carboxylic acids is 3. The standard InChI is InChI=1S/C28H30F2N5O6PS/c29-28(30,42(39,40)41)19-3-6-23-17(10-19)11-24(43-23)25(36)33-21-7-9-32-13-20-4-5-22(35(20)26(21)37)27(38)34-14-18(15-34)16-2-1-8-31-12-16/h1-3,6,8,10-12,18,20-22,32H,4-5,7,9,13-15H2,(H,33,36)(H2,39,40,41)/t20-,21+,22+/m1/s1. The van der Waals surface area contributed by atoms with Gasteiger partial charge in [-0.3, -0.25) is 23.9 Å². The number of carbonyl (C=O) groups is 3. The van der Waals surface area contributed by atoms with Crippen molar-refractivity contribution in [1.82, 2.24) is 25.4 Å². The Balaban J connectivity index is 1.16. The Bertz CT molecular complexity index is 1610. The van der Waals surface area contributed by atoms with Gasteiger partial charge in [-0.2, -0.15) is 8.78 Å². The maximum absolute atomic E-state index is 14.2. The van der Waals surface area contributed by atoms with Crippen molar-refractivity contribution in [2.45, 2.75) is 49.0 Å². The van der Waals surface area contributed by atoms with Crippen molar-refractivity contribution in [3.8, 4) is 0 Å². The van der Waals surface area contributed by atoms with E-state index >= 15 is 0 Å². The molecule has 3 saturated heterocycles.